The molecule has 0 bridgehead atoms. The van der Waals surface area contributed by atoms with Gasteiger partial charge < -0.3 is 37.2 Å². The normalized spacial score (nSPS) is 9.61. The van der Waals surface area contributed by atoms with Gasteiger partial charge in [0.1, 0.15) is 0 Å². The molecule has 1 aliphatic rings. The van der Waals surface area contributed by atoms with E-state index in [-0.39, 0.29) is 63.4 Å². The molecule has 2 aromatic rings. The quantitative estimate of drug-likeness (QED) is 0.306. The van der Waals surface area contributed by atoms with E-state index >= 15 is 0 Å². The summed E-state index contributed by atoms with van der Waals surface area (Å²) in [5, 5.41) is 0. The van der Waals surface area contributed by atoms with Gasteiger partial charge in [0.15, 0.2) is 0 Å². The molecule has 18 heavy (non-hydrogen) atoms. The fourth-order valence-electron chi connectivity index (χ4n) is 2.03. The van der Waals surface area contributed by atoms with E-state index in [1.165, 1.54) is 22.3 Å². The van der Waals surface area contributed by atoms with Crippen LogP contribution in [0, 0.1) is 6.07 Å². The number of halogens is 4. The molecular formula is C13H8BrCl3Zr. The summed E-state index contributed by atoms with van der Waals surface area (Å²) in [6.07, 6.45) is 1.02. The van der Waals surface area contributed by atoms with Crippen molar-refractivity contribution in [2.75, 3.05) is 0 Å². The zero-order valence-corrected chi connectivity index (χ0v) is 15.5. The first-order chi connectivity index (χ1) is 6.84. The first kappa shape index (κ1) is 21.0. The zero-order valence-electron chi connectivity index (χ0n) is 9.18. The van der Waals surface area contributed by atoms with E-state index in [0.29, 0.717) is 0 Å². The van der Waals surface area contributed by atoms with Crippen molar-refractivity contribution in [3.63, 3.8) is 0 Å². The predicted molar refractivity (Wildman–Crippen MR) is 61.2 cm³/mol. The second-order valence-corrected chi connectivity index (χ2v) is 4.39. The second-order valence-electron chi connectivity index (χ2n) is 3.53. The van der Waals surface area contributed by atoms with Gasteiger partial charge in [-0.2, -0.15) is 18.2 Å². The standard InChI is InChI=1S/C13H8Br.3ClH.Zr/c14-11-5-6-13-10(8-11)7-9-3-1-2-4-12(9)13;;;;/h1-6H,7H2;3*1H;/q-1;;;;+4/p-3. The van der Waals surface area contributed by atoms with Gasteiger partial charge in [0.05, 0.1) is 0 Å². The van der Waals surface area contributed by atoms with Crippen LogP contribution in [0.2, 0.25) is 0 Å². The molecule has 0 heterocycles. The number of fused-ring (bicyclic) bond motifs is 3. The Labute approximate surface area is 153 Å². The van der Waals surface area contributed by atoms with Crippen molar-refractivity contribution in [3.8, 4) is 11.1 Å². The van der Waals surface area contributed by atoms with E-state index < -0.39 is 0 Å². The number of benzene rings is 2. The van der Waals surface area contributed by atoms with Gasteiger partial charge in [0.2, 0.25) is 0 Å². The van der Waals surface area contributed by atoms with Crippen LogP contribution in [0.4, 0.5) is 0 Å². The summed E-state index contributed by atoms with van der Waals surface area (Å²) in [6.45, 7) is 0. The third-order valence-electron chi connectivity index (χ3n) is 2.67. The van der Waals surface area contributed by atoms with Gasteiger partial charge in [0.25, 0.3) is 0 Å². The van der Waals surface area contributed by atoms with E-state index in [2.05, 4.69) is 58.4 Å². The summed E-state index contributed by atoms with van der Waals surface area (Å²) in [6, 6.07) is 16.1. The van der Waals surface area contributed by atoms with E-state index in [9.17, 15) is 0 Å². The van der Waals surface area contributed by atoms with Crippen molar-refractivity contribution in [2.24, 2.45) is 0 Å². The van der Waals surface area contributed by atoms with Crippen molar-refractivity contribution in [1.82, 2.24) is 0 Å². The van der Waals surface area contributed by atoms with Crippen LogP contribution in [0.1, 0.15) is 11.1 Å². The molecule has 0 saturated carbocycles. The van der Waals surface area contributed by atoms with Crippen molar-refractivity contribution in [1.29, 1.82) is 0 Å². The molecule has 0 aliphatic heterocycles. The van der Waals surface area contributed by atoms with Crippen molar-refractivity contribution >= 4 is 15.9 Å². The van der Waals surface area contributed by atoms with Gasteiger partial charge in [0, 0.05) is 0 Å². The van der Waals surface area contributed by atoms with E-state index in [1.807, 2.05) is 0 Å². The third-order valence-corrected chi connectivity index (χ3v) is 3.13. The van der Waals surface area contributed by atoms with Crippen molar-refractivity contribution in [3.05, 3.63) is 58.1 Å². The summed E-state index contributed by atoms with van der Waals surface area (Å²) in [5.41, 5.74) is 5.42. The van der Waals surface area contributed by atoms with Crippen LogP contribution >= 0.6 is 15.9 Å². The molecule has 0 saturated heterocycles. The average Bonchev–Trinajstić information content (AvgIpc) is 2.54. The molecule has 0 aromatic heterocycles. The van der Waals surface area contributed by atoms with Gasteiger partial charge in [-0.3, -0.25) is 0 Å². The molecular weight excluding hydrogens is 434 g/mol. The Morgan fingerprint density at radius 3 is 2.28 bits per heavy atom. The van der Waals surface area contributed by atoms with Crippen LogP contribution in [0.15, 0.2) is 40.9 Å². The zero-order chi connectivity index (χ0) is 9.54. The first-order valence-electron chi connectivity index (χ1n) is 4.63. The Kier molecular flexibility index (Phi) is 10.2. The summed E-state index contributed by atoms with van der Waals surface area (Å²) in [7, 11) is 0. The molecule has 92 valence electrons. The molecule has 0 spiro atoms. The summed E-state index contributed by atoms with van der Waals surface area (Å²) < 4.78 is 1.05. The third kappa shape index (κ3) is 3.84. The van der Waals surface area contributed by atoms with Crippen molar-refractivity contribution in [2.45, 2.75) is 6.42 Å². The molecule has 0 unspecified atom stereocenters. The molecule has 0 radical (unpaired) electrons. The molecule has 0 nitrogen and oxygen atoms in total. The van der Waals surface area contributed by atoms with Gasteiger partial charge in [-0.05, 0) is 6.42 Å². The predicted octanol–water partition coefficient (Wildman–Crippen LogP) is -5.17. The number of hydrogen-bond acceptors (Lipinski definition) is 0. The Balaban J connectivity index is 0. The van der Waals surface area contributed by atoms with Crippen LogP contribution in [0.25, 0.3) is 11.1 Å². The van der Waals surface area contributed by atoms with E-state index in [4.69, 9.17) is 0 Å². The average molecular weight is 442 g/mol. The first-order valence-corrected chi connectivity index (χ1v) is 5.43. The minimum Gasteiger partial charge on any atom is -1.00 e. The Hall–Kier alpha value is 0.673. The SMILES string of the molecule is Brc1[c-]c2c(cc1)-c1ccccc1C2.[Cl-].[Cl-].[Cl-].[Zr+4]. The van der Waals surface area contributed by atoms with Crippen LogP contribution in [0.3, 0.4) is 0 Å². The molecule has 2 aromatic carbocycles. The maximum atomic E-state index is 3.45. The van der Waals surface area contributed by atoms with Gasteiger partial charge in [-0.15, -0.1) is 11.1 Å². The van der Waals surface area contributed by atoms with E-state index in [0.717, 1.165) is 10.9 Å². The van der Waals surface area contributed by atoms with Gasteiger partial charge in [-0.25, -0.2) is 0 Å². The maximum Gasteiger partial charge on any atom is 4.00 e. The van der Waals surface area contributed by atoms with Crippen LogP contribution in [-0.2, 0) is 32.6 Å². The van der Waals surface area contributed by atoms with Gasteiger partial charge in [-0.1, -0.05) is 55.8 Å². The van der Waals surface area contributed by atoms with Crippen molar-refractivity contribution < 1.29 is 63.4 Å². The maximum absolute atomic E-state index is 3.45. The Morgan fingerprint density at radius 1 is 0.889 bits per heavy atom. The molecule has 0 amide bonds. The fourth-order valence-corrected chi connectivity index (χ4v) is 2.40. The molecule has 5 heteroatoms. The number of hydrogen-bond donors (Lipinski definition) is 0. The second kappa shape index (κ2) is 8.77. The van der Waals surface area contributed by atoms with Crippen LogP contribution in [0.5, 0.6) is 0 Å². The minimum atomic E-state index is 0. The molecule has 3 rings (SSSR count). The van der Waals surface area contributed by atoms with Gasteiger partial charge >= 0.3 is 26.2 Å². The molecule has 1 aliphatic carbocycles. The van der Waals surface area contributed by atoms with E-state index in [1.54, 1.807) is 0 Å². The Bertz CT molecular complexity index is 517. The smallest absolute Gasteiger partial charge is 1.00 e. The summed E-state index contributed by atoms with van der Waals surface area (Å²) >= 11 is 3.45. The number of rotatable bonds is 0. The summed E-state index contributed by atoms with van der Waals surface area (Å²) in [5.74, 6) is 0. The molecule has 0 atom stereocenters. The monoisotopic (exact) mass is 438 g/mol. The molecule has 0 N–H and O–H groups in total. The Morgan fingerprint density at radius 2 is 1.56 bits per heavy atom. The topological polar surface area (TPSA) is 0 Å². The minimum absolute atomic E-state index is 0. The fraction of sp³-hybridized carbons (Fsp3) is 0.0769. The largest absolute Gasteiger partial charge is 4.00 e. The van der Waals surface area contributed by atoms with Crippen LogP contribution in [-0.4, -0.2) is 0 Å². The molecule has 0 fully saturated rings. The summed E-state index contributed by atoms with van der Waals surface area (Å²) in [4.78, 5) is 0. The van der Waals surface area contributed by atoms with Crippen LogP contribution < -0.4 is 37.2 Å².